The molecule has 0 saturated heterocycles. The van der Waals surface area contributed by atoms with Gasteiger partial charge in [0.15, 0.2) is 0 Å². The van der Waals surface area contributed by atoms with Crippen LogP contribution >= 0.6 is 0 Å². The second-order valence-corrected chi connectivity index (χ2v) is 4.47. The molecule has 4 nitrogen and oxygen atoms in total. The van der Waals surface area contributed by atoms with Gasteiger partial charge in [-0.15, -0.1) is 0 Å². The maximum atomic E-state index is 11.1. The summed E-state index contributed by atoms with van der Waals surface area (Å²) in [6.07, 6.45) is 0.564. The van der Waals surface area contributed by atoms with Gasteiger partial charge in [-0.3, -0.25) is 0 Å². The second-order valence-electron chi connectivity index (χ2n) is 4.47. The van der Waals surface area contributed by atoms with Gasteiger partial charge in [-0.1, -0.05) is 13.8 Å². The molecule has 0 aliphatic rings. The molecule has 0 spiro atoms. The van der Waals surface area contributed by atoms with E-state index < -0.39 is 11.9 Å². The van der Waals surface area contributed by atoms with E-state index in [1.165, 1.54) is 12.1 Å². The van der Waals surface area contributed by atoms with Crippen molar-refractivity contribution in [2.45, 2.75) is 27.2 Å². The van der Waals surface area contributed by atoms with E-state index in [-0.39, 0.29) is 17.0 Å². The largest absolute Gasteiger partial charge is 0.478 e. The van der Waals surface area contributed by atoms with Crippen molar-refractivity contribution < 1.29 is 19.8 Å². The molecule has 1 rings (SSSR count). The monoisotopic (exact) mass is 236 g/mol. The van der Waals surface area contributed by atoms with Crippen molar-refractivity contribution in [1.82, 2.24) is 0 Å². The minimum atomic E-state index is -1.02. The first-order valence-corrected chi connectivity index (χ1v) is 5.43. The van der Waals surface area contributed by atoms with E-state index in [0.717, 1.165) is 0 Å². The Labute approximate surface area is 99.9 Å². The lowest BCUT2D eigenvalue weighted by atomic mass is 9.91. The van der Waals surface area contributed by atoms with Gasteiger partial charge < -0.3 is 10.2 Å². The average molecular weight is 236 g/mol. The van der Waals surface area contributed by atoms with Crippen molar-refractivity contribution in [2.75, 3.05) is 0 Å². The van der Waals surface area contributed by atoms with Crippen LogP contribution in [0.15, 0.2) is 12.1 Å². The van der Waals surface area contributed by atoms with Gasteiger partial charge in [-0.25, -0.2) is 9.59 Å². The van der Waals surface area contributed by atoms with E-state index >= 15 is 0 Å². The number of hydrogen-bond donors (Lipinski definition) is 2. The van der Waals surface area contributed by atoms with Crippen LogP contribution in [0.1, 0.15) is 45.7 Å². The molecule has 0 saturated carbocycles. The maximum Gasteiger partial charge on any atom is 0.335 e. The van der Waals surface area contributed by atoms with Crippen molar-refractivity contribution in [3.8, 4) is 0 Å². The molecule has 92 valence electrons. The summed E-state index contributed by atoms with van der Waals surface area (Å²) >= 11 is 0. The molecule has 0 atom stereocenters. The fraction of sp³-hybridized carbons (Fsp3) is 0.385. The van der Waals surface area contributed by atoms with Crippen molar-refractivity contribution in [3.63, 3.8) is 0 Å². The standard InChI is InChI=1S/C13H16O4/c1-7(2)6-11-8(3)9(12(14)15)4-5-10(11)13(16)17/h4-5,7H,6H2,1-3H3,(H,14,15)(H,16,17). The summed E-state index contributed by atoms with van der Waals surface area (Å²) in [6.45, 7) is 5.60. The maximum absolute atomic E-state index is 11.1. The van der Waals surface area contributed by atoms with Gasteiger partial charge in [0.05, 0.1) is 11.1 Å². The quantitative estimate of drug-likeness (QED) is 0.842. The molecule has 0 aliphatic heterocycles. The van der Waals surface area contributed by atoms with Crippen LogP contribution in [0.4, 0.5) is 0 Å². The van der Waals surface area contributed by atoms with Gasteiger partial charge in [-0.05, 0) is 42.5 Å². The first kappa shape index (κ1) is 13.2. The highest BCUT2D eigenvalue weighted by molar-refractivity contribution is 5.94. The molecule has 0 aliphatic carbocycles. The number of carboxylic acids is 2. The zero-order chi connectivity index (χ0) is 13.2. The minimum Gasteiger partial charge on any atom is -0.478 e. The molecule has 0 amide bonds. The fourth-order valence-electron chi connectivity index (χ4n) is 1.86. The van der Waals surface area contributed by atoms with E-state index in [1.807, 2.05) is 13.8 Å². The Balaban J connectivity index is 3.41. The summed E-state index contributed by atoms with van der Waals surface area (Å²) in [7, 11) is 0. The molecule has 0 fully saturated rings. The van der Waals surface area contributed by atoms with Crippen LogP contribution in [0.5, 0.6) is 0 Å². The number of carboxylic acid groups (broad SMARTS) is 2. The summed E-state index contributed by atoms with van der Waals surface area (Å²) in [4.78, 5) is 22.1. The van der Waals surface area contributed by atoms with Gasteiger partial charge in [0.2, 0.25) is 0 Å². The zero-order valence-electron chi connectivity index (χ0n) is 10.2. The zero-order valence-corrected chi connectivity index (χ0v) is 10.2. The van der Waals surface area contributed by atoms with Crippen LogP contribution in [0.25, 0.3) is 0 Å². The van der Waals surface area contributed by atoms with Crippen LogP contribution in [0, 0.1) is 12.8 Å². The molecule has 0 bridgehead atoms. The minimum absolute atomic E-state index is 0.172. The van der Waals surface area contributed by atoms with E-state index in [1.54, 1.807) is 6.92 Å². The van der Waals surface area contributed by atoms with E-state index in [0.29, 0.717) is 17.5 Å². The molecule has 1 aromatic rings. The summed E-state index contributed by atoms with van der Waals surface area (Å²) < 4.78 is 0. The van der Waals surface area contributed by atoms with Crippen LogP contribution < -0.4 is 0 Å². The Morgan fingerprint density at radius 2 is 1.59 bits per heavy atom. The number of aromatic carboxylic acids is 2. The smallest absolute Gasteiger partial charge is 0.335 e. The van der Waals surface area contributed by atoms with Gasteiger partial charge in [0, 0.05) is 0 Å². The molecule has 2 N–H and O–H groups in total. The van der Waals surface area contributed by atoms with E-state index in [4.69, 9.17) is 10.2 Å². The lowest BCUT2D eigenvalue weighted by Crippen LogP contribution is -2.11. The Hall–Kier alpha value is -1.84. The van der Waals surface area contributed by atoms with Crippen LogP contribution in [0.2, 0.25) is 0 Å². The molecular formula is C13H16O4. The third-order valence-electron chi connectivity index (χ3n) is 2.67. The number of benzene rings is 1. The van der Waals surface area contributed by atoms with E-state index in [2.05, 4.69) is 0 Å². The lowest BCUT2D eigenvalue weighted by Gasteiger charge is -2.14. The summed E-state index contributed by atoms with van der Waals surface area (Å²) in [5, 5.41) is 18.1. The predicted octanol–water partition coefficient (Wildman–Crippen LogP) is 2.59. The summed E-state index contributed by atoms with van der Waals surface area (Å²) in [5.74, 6) is -1.76. The molecule has 0 unspecified atom stereocenters. The first-order chi connectivity index (χ1) is 7.84. The summed E-state index contributed by atoms with van der Waals surface area (Å²) in [6, 6.07) is 2.72. The van der Waals surface area contributed by atoms with Gasteiger partial charge >= 0.3 is 11.9 Å². The highest BCUT2D eigenvalue weighted by Crippen LogP contribution is 2.22. The van der Waals surface area contributed by atoms with Crippen LogP contribution in [-0.2, 0) is 6.42 Å². The van der Waals surface area contributed by atoms with Gasteiger partial charge in [0.25, 0.3) is 0 Å². The number of hydrogen-bond acceptors (Lipinski definition) is 2. The Kier molecular flexibility index (Phi) is 3.89. The molecule has 0 aromatic heterocycles. The third-order valence-corrected chi connectivity index (χ3v) is 2.67. The SMILES string of the molecule is Cc1c(C(=O)O)ccc(C(=O)O)c1CC(C)C. The third kappa shape index (κ3) is 2.84. The topological polar surface area (TPSA) is 74.6 Å². The van der Waals surface area contributed by atoms with Crippen LogP contribution in [0.3, 0.4) is 0 Å². The Bertz CT molecular complexity index is 461. The Morgan fingerprint density at radius 1 is 1.12 bits per heavy atom. The molecule has 17 heavy (non-hydrogen) atoms. The molecule has 0 radical (unpaired) electrons. The normalized spacial score (nSPS) is 10.6. The van der Waals surface area contributed by atoms with Crippen LogP contribution in [-0.4, -0.2) is 22.2 Å². The van der Waals surface area contributed by atoms with Gasteiger partial charge in [-0.2, -0.15) is 0 Å². The van der Waals surface area contributed by atoms with E-state index in [9.17, 15) is 9.59 Å². The highest BCUT2D eigenvalue weighted by Gasteiger charge is 2.18. The molecule has 4 heteroatoms. The number of rotatable bonds is 4. The first-order valence-electron chi connectivity index (χ1n) is 5.43. The molecular weight excluding hydrogens is 220 g/mol. The number of carbonyl (C=O) groups is 2. The predicted molar refractivity (Wildman–Crippen MR) is 63.6 cm³/mol. The van der Waals surface area contributed by atoms with Crippen molar-refractivity contribution >= 4 is 11.9 Å². The average Bonchev–Trinajstić information content (AvgIpc) is 2.19. The molecule has 0 heterocycles. The van der Waals surface area contributed by atoms with Crippen molar-refractivity contribution in [2.24, 2.45) is 5.92 Å². The molecule has 1 aromatic carbocycles. The fourth-order valence-corrected chi connectivity index (χ4v) is 1.86. The van der Waals surface area contributed by atoms with Gasteiger partial charge in [0.1, 0.15) is 0 Å². The second kappa shape index (κ2) is 4.99. The lowest BCUT2D eigenvalue weighted by molar-refractivity contribution is 0.0679. The van der Waals surface area contributed by atoms with Crippen molar-refractivity contribution in [3.05, 3.63) is 34.4 Å². The summed E-state index contributed by atoms with van der Waals surface area (Å²) in [5.41, 5.74) is 1.53. The Morgan fingerprint density at radius 3 is 2.00 bits per heavy atom. The highest BCUT2D eigenvalue weighted by atomic mass is 16.4. The van der Waals surface area contributed by atoms with Crippen molar-refractivity contribution in [1.29, 1.82) is 0 Å².